The van der Waals surface area contributed by atoms with E-state index in [0.29, 0.717) is 0 Å². The fourth-order valence-electron chi connectivity index (χ4n) is 0.545. The Morgan fingerprint density at radius 3 is 2.25 bits per heavy atom. The van der Waals surface area contributed by atoms with Crippen molar-refractivity contribution in [3.05, 3.63) is 11.4 Å². The van der Waals surface area contributed by atoms with E-state index in [1.807, 2.05) is 13.8 Å². The van der Waals surface area contributed by atoms with E-state index in [9.17, 15) is 0 Å². The molecule has 0 atom stereocenters. The van der Waals surface area contributed by atoms with Crippen LogP contribution >= 0.6 is 0 Å². The molecule has 0 amide bonds. The summed E-state index contributed by atoms with van der Waals surface area (Å²) in [5.74, 6) is 0. The van der Waals surface area contributed by atoms with Crippen LogP contribution in [-0.2, 0) is 0 Å². The summed E-state index contributed by atoms with van der Waals surface area (Å²) in [6.07, 6.45) is 0. The topological polar surface area (TPSA) is 28.7 Å². The zero-order valence-corrected chi connectivity index (χ0v) is 6.77. The molecule has 0 radical (unpaired) electrons. The number of hydrogen-bond donors (Lipinski definition) is 1. The van der Waals surface area contributed by atoms with Gasteiger partial charge >= 0.3 is 55.9 Å². The summed E-state index contributed by atoms with van der Waals surface area (Å²) < 4.78 is 1.21. The summed E-state index contributed by atoms with van der Waals surface area (Å²) in [5, 5.41) is 6.85. The third-order valence-corrected chi connectivity index (χ3v) is 2.47. The van der Waals surface area contributed by atoms with Gasteiger partial charge in [0.2, 0.25) is 0 Å². The van der Waals surface area contributed by atoms with Gasteiger partial charge in [0.1, 0.15) is 0 Å². The van der Waals surface area contributed by atoms with Crippen molar-refractivity contribution in [2.24, 2.45) is 0 Å². The molecule has 0 aliphatic carbocycles. The molecule has 0 aliphatic rings. The van der Waals surface area contributed by atoms with Crippen molar-refractivity contribution in [1.29, 1.82) is 0 Å². The quantitative estimate of drug-likeness (QED) is 0.531. The third-order valence-electron chi connectivity index (χ3n) is 1.09. The van der Waals surface area contributed by atoms with E-state index in [1.165, 1.54) is 4.46 Å². The number of hydrogen-bond acceptors (Lipinski definition) is 1. The van der Waals surface area contributed by atoms with E-state index in [4.69, 9.17) is 0 Å². The number of nitrogens with one attached hydrogen (secondary N) is 1. The molecule has 1 rings (SSSR count). The van der Waals surface area contributed by atoms with E-state index < -0.39 is 0 Å². The van der Waals surface area contributed by atoms with Crippen LogP contribution in [0.2, 0.25) is 0 Å². The average molecular weight is 175 g/mol. The molecule has 3 heteroatoms. The molecule has 0 aromatic carbocycles. The van der Waals surface area contributed by atoms with Crippen LogP contribution in [-0.4, -0.2) is 26.2 Å². The van der Waals surface area contributed by atoms with Gasteiger partial charge in [-0.2, -0.15) is 0 Å². The van der Waals surface area contributed by atoms with E-state index in [2.05, 4.69) is 26.2 Å². The number of H-pyrrole nitrogens is 1. The van der Waals surface area contributed by atoms with Crippen molar-refractivity contribution in [3.8, 4) is 0 Å². The summed E-state index contributed by atoms with van der Waals surface area (Å²) in [5.41, 5.74) is 2.21. The van der Waals surface area contributed by atoms with Gasteiger partial charge in [-0.3, -0.25) is 0 Å². The van der Waals surface area contributed by atoms with Gasteiger partial charge in [0.15, 0.2) is 0 Å². The van der Waals surface area contributed by atoms with Crippen molar-refractivity contribution >= 4 is 20.5 Å². The van der Waals surface area contributed by atoms with Crippen molar-refractivity contribution in [3.63, 3.8) is 0 Å². The van der Waals surface area contributed by atoms with Crippen molar-refractivity contribution in [2.45, 2.75) is 13.8 Å². The molecule has 0 bridgehead atoms. The molecule has 0 saturated heterocycles. The minimum atomic E-state index is 1.07. The molecule has 1 aromatic rings. The van der Waals surface area contributed by atoms with Crippen LogP contribution in [0.25, 0.3) is 0 Å². The molecule has 1 aromatic heterocycles. The normalized spacial score (nSPS) is 9.88. The van der Waals surface area contributed by atoms with Gasteiger partial charge in [-0.25, -0.2) is 0 Å². The van der Waals surface area contributed by atoms with Gasteiger partial charge in [-0.05, 0) is 0 Å². The van der Waals surface area contributed by atoms with E-state index in [0.717, 1.165) is 11.4 Å². The minimum absolute atomic E-state index is 1.07. The fourth-order valence-corrected chi connectivity index (χ4v) is 0.755. The Balaban J connectivity index is 3.19. The predicted octanol–water partition coefficient (Wildman–Crippen LogP) is -0.447. The van der Waals surface area contributed by atoms with Gasteiger partial charge in [-0.15, -0.1) is 0 Å². The van der Waals surface area contributed by atoms with Crippen molar-refractivity contribution in [2.75, 3.05) is 0 Å². The molecule has 0 spiro atoms. The number of nitrogens with zero attached hydrogens (tertiary/aromatic N) is 1. The molecular weight excluding hydrogens is 167 g/mol. The Kier molecular flexibility index (Phi) is 1.41. The van der Waals surface area contributed by atoms with Crippen LogP contribution in [0.4, 0.5) is 0 Å². The standard InChI is InChI=1S/C5H8N2Se/c1-3-5(8)4(2)7-6-3/h8H,1-2H3,(H,6,7). The number of aromatic amines is 1. The average Bonchev–Trinajstić information content (AvgIpc) is 1.98. The Morgan fingerprint density at radius 1 is 1.50 bits per heavy atom. The number of aryl methyl sites for hydroxylation is 2. The first-order valence-electron chi connectivity index (χ1n) is 2.42. The van der Waals surface area contributed by atoms with Crippen LogP contribution in [0.1, 0.15) is 11.4 Å². The molecule has 1 heterocycles. The van der Waals surface area contributed by atoms with Gasteiger partial charge < -0.3 is 0 Å². The fraction of sp³-hybridized carbons (Fsp3) is 0.400. The summed E-state index contributed by atoms with van der Waals surface area (Å²) in [7, 11) is 0. The first kappa shape index (κ1) is 5.86. The molecular formula is C5H8N2Se. The van der Waals surface area contributed by atoms with E-state index in [1.54, 1.807) is 0 Å². The van der Waals surface area contributed by atoms with Gasteiger partial charge in [-0.1, -0.05) is 0 Å². The zero-order chi connectivity index (χ0) is 6.15. The second-order valence-corrected chi connectivity index (χ2v) is 2.72. The van der Waals surface area contributed by atoms with Crippen molar-refractivity contribution in [1.82, 2.24) is 10.2 Å². The van der Waals surface area contributed by atoms with Gasteiger partial charge in [0.05, 0.1) is 0 Å². The van der Waals surface area contributed by atoms with E-state index in [-0.39, 0.29) is 0 Å². The molecule has 0 saturated carbocycles. The zero-order valence-electron chi connectivity index (χ0n) is 4.89. The summed E-state index contributed by atoms with van der Waals surface area (Å²) in [6, 6.07) is 0. The number of rotatable bonds is 0. The second kappa shape index (κ2) is 1.92. The Morgan fingerprint density at radius 2 is 2.12 bits per heavy atom. The molecule has 0 fully saturated rings. The Labute approximate surface area is 56.5 Å². The molecule has 44 valence electrons. The first-order chi connectivity index (χ1) is 3.72. The van der Waals surface area contributed by atoms with Crippen LogP contribution in [0, 0.1) is 13.8 Å². The Hall–Kier alpha value is -0.271. The molecule has 2 nitrogen and oxygen atoms in total. The molecule has 1 N–H and O–H groups in total. The summed E-state index contributed by atoms with van der Waals surface area (Å²) in [6.45, 7) is 3.99. The molecule has 8 heavy (non-hydrogen) atoms. The monoisotopic (exact) mass is 176 g/mol. The van der Waals surface area contributed by atoms with Gasteiger partial charge in [0.25, 0.3) is 0 Å². The third kappa shape index (κ3) is 0.791. The SMILES string of the molecule is Cc1n[nH]c(C)c1[SeH]. The van der Waals surface area contributed by atoms with Gasteiger partial charge in [0, 0.05) is 0 Å². The predicted molar refractivity (Wildman–Crippen MR) is 34.8 cm³/mol. The van der Waals surface area contributed by atoms with Crippen LogP contribution in [0.15, 0.2) is 0 Å². The Bertz CT molecular complexity index is 173. The summed E-state index contributed by atoms with van der Waals surface area (Å²) in [4.78, 5) is 0. The van der Waals surface area contributed by atoms with Crippen LogP contribution < -0.4 is 4.46 Å². The number of aromatic nitrogens is 2. The summed E-state index contributed by atoms with van der Waals surface area (Å²) >= 11 is 2.49. The first-order valence-corrected chi connectivity index (χ1v) is 3.36. The second-order valence-electron chi connectivity index (χ2n) is 1.78. The maximum absolute atomic E-state index is 3.98. The molecule has 0 unspecified atom stereocenters. The van der Waals surface area contributed by atoms with Crippen LogP contribution in [0.5, 0.6) is 0 Å². The maximum atomic E-state index is 3.98. The molecule has 0 aliphatic heterocycles. The van der Waals surface area contributed by atoms with E-state index >= 15 is 0 Å². The van der Waals surface area contributed by atoms with Crippen LogP contribution in [0.3, 0.4) is 0 Å². The van der Waals surface area contributed by atoms with Crippen molar-refractivity contribution < 1.29 is 0 Å².